The molecule has 0 spiro atoms. The van der Waals surface area contributed by atoms with Crippen molar-refractivity contribution in [2.75, 3.05) is 20.1 Å². The zero-order chi connectivity index (χ0) is 24.6. The number of likely N-dealkylation sites (N-methyl/N-ethyl adjacent to an activating group) is 1. The number of rotatable bonds is 8. The smallest absolute Gasteiger partial charge is 0.587 e. The van der Waals surface area contributed by atoms with Crippen LogP contribution in [0.3, 0.4) is 0 Å². The second kappa shape index (κ2) is 9.64. The van der Waals surface area contributed by atoms with Crippen LogP contribution in [0.15, 0.2) is 18.2 Å². The fourth-order valence-electron chi connectivity index (χ4n) is 5.09. The number of carbonyl (C=O) groups is 4. The summed E-state index contributed by atoms with van der Waals surface area (Å²) in [6.45, 7) is 3.28. The molecule has 180 valence electrons. The summed E-state index contributed by atoms with van der Waals surface area (Å²) < 4.78 is 11.7. The second-order valence-corrected chi connectivity index (χ2v) is 10.5. The van der Waals surface area contributed by atoms with E-state index in [0.717, 1.165) is 0 Å². The molecule has 8 nitrogen and oxygen atoms in total. The Bertz CT molecular complexity index is 988. The van der Waals surface area contributed by atoms with E-state index in [4.69, 9.17) is 32.5 Å². The quantitative estimate of drug-likeness (QED) is 0.551. The SMILES string of the molecule is CC(C)C[C@H](CC(=O)CNC(=O)c1cc(Cl)ccc1Cl)[B-]12OC(=O)C[C@H](C)[N+]1(C)CC(=O)O2. The van der Waals surface area contributed by atoms with Crippen molar-refractivity contribution in [3.63, 3.8) is 0 Å². The first-order valence-electron chi connectivity index (χ1n) is 11.1. The van der Waals surface area contributed by atoms with Crippen molar-refractivity contribution in [2.24, 2.45) is 5.92 Å². The summed E-state index contributed by atoms with van der Waals surface area (Å²) in [7, 11) is 1.85. The standard InChI is InChI=1S/C22H29BCl2N2O6/c1-13(2)7-15(23-27(4,12-21(30)33-23)14(3)8-20(29)32-23)9-17(28)11-26-22(31)18-10-16(24)5-6-19(18)25/h5-6,10,13-15H,7-9,11-12H2,1-4H3,(H,26,31)/t14-,15+,23?,27?/m0/s1. The zero-order valence-corrected chi connectivity index (χ0v) is 20.7. The highest BCUT2D eigenvalue weighted by Crippen LogP contribution is 2.47. The first kappa shape index (κ1) is 25.5. The molecular weight excluding hydrogens is 470 g/mol. The second-order valence-electron chi connectivity index (χ2n) is 9.71. The lowest BCUT2D eigenvalue weighted by molar-refractivity contribution is -0.840. The largest absolute Gasteiger partial charge is 0.604 e. The van der Waals surface area contributed by atoms with Crippen LogP contribution in [0.1, 0.15) is 50.4 Å². The highest BCUT2D eigenvalue weighted by Gasteiger charge is 2.68. The highest BCUT2D eigenvalue weighted by atomic mass is 35.5. The third-order valence-corrected chi connectivity index (χ3v) is 7.41. The average molecular weight is 499 g/mol. The van der Waals surface area contributed by atoms with Crippen molar-refractivity contribution in [3.8, 4) is 0 Å². The molecule has 2 fully saturated rings. The third-order valence-electron chi connectivity index (χ3n) is 6.84. The predicted octanol–water partition coefficient (Wildman–Crippen LogP) is 3.38. The molecule has 2 aliphatic heterocycles. The first-order valence-corrected chi connectivity index (χ1v) is 11.8. The van der Waals surface area contributed by atoms with E-state index in [2.05, 4.69) is 5.32 Å². The lowest BCUT2D eigenvalue weighted by atomic mass is 9.49. The molecule has 0 radical (unpaired) electrons. The number of amides is 1. The molecule has 0 saturated carbocycles. The van der Waals surface area contributed by atoms with Gasteiger partial charge in [0.1, 0.15) is 12.3 Å². The first-order chi connectivity index (χ1) is 15.4. The summed E-state index contributed by atoms with van der Waals surface area (Å²) in [5.41, 5.74) is 0.169. The molecule has 1 N–H and O–H groups in total. The number of Topliss-reactive ketones (excluding diaryl/α,β-unsaturated/α-hetero) is 1. The van der Waals surface area contributed by atoms with E-state index in [0.29, 0.717) is 11.4 Å². The van der Waals surface area contributed by atoms with E-state index in [1.807, 2.05) is 27.8 Å². The molecule has 0 bridgehead atoms. The van der Waals surface area contributed by atoms with Gasteiger partial charge >= 0.3 is 12.7 Å². The fourth-order valence-corrected chi connectivity index (χ4v) is 5.46. The van der Waals surface area contributed by atoms with Gasteiger partial charge in [0, 0.05) is 12.1 Å². The van der Waals surface area contributed by atoms with Crippen molar-refractivity contribution in [2.45, 2.75) is 51.9 Å². The average Bonchev–Trinajstić information content (AvgIpc) is 2.98. The van der Waals surface area contributed by atoms with Crippen LogP contribution < -0.4 is 5.32 Å². The molecule has 2 heterocycles. The Labute approximate surface area is 203 Å². The summed E-state index contributed by atoms with van der Waals surface area (Å²) in [6.07, 6.45) is 0.680. The summed E-state index contributed by atoms with van der Waals surface area (Å²) >= 11 is 12.0. The molecule has 33 heavy (non-hydrogen) atoms. The minimum absolute atomic E-state index is 0.0111. The van der Waals surface area contributed by atoms with Gasteiger partial charge in [-0.05, 0) is 43.3 Å². The van der Waals surface area contributed by atoms with Crippen molar-refractivity contribution in [1.82, 2.24) is 5.32 Å². The predicted molar refractivity (Wildman–Crippen MR) is 125 cm³/mol. The molecule has 2 aliphatic rings. The van der Waals surface area contributed by atoms with Crippen molar-refractivity contribution in [1.29, 1.82) is 0 Å². The molecule has 0 aliphatic carbocycles. The van der Waals surface area contributed by atoms with Gasteiger partial charge in [0.05, 0.1) is 29.6 Å². The molecule has 4 atom stereocenters. The van der Waals surface area contributed by atoms with E-state index in [1.165, 1.54) is 12.1 Å². The van der Waals surface area contributed by atoms with E-state index in [-0.39, 0.29) is 58.7 Å². The van der Waals surface area contributed by atoms with Crippen molar-refractivity contribution >= 4 is 53.5 Å². The van der Waals surface area contributed by atoms with Crippen molar-refractivity contribution in [3.05, 3.63) is 33.8 Å². The van der Waals surface area contributed by atoms with Crippen LogP contribution in [0.2, 0.25) is 15.9 Å². The molecular formula is C22H29BCl2N2O6. The number of ketones is 1. The Morgan fingerprint density at radius 2 is 1.88 bits per heavy atom. The van der Waals surface area contributed by atoms with Crippen LogP contribution in [0.4, 0.5) is 0 Å². The van der Waals surface area contributed by atoms with Gasteiger partial charge in [0.2, 0.25) is 0 Å². The highest BCUT2D eigenvalue weighted by molar-refractivity contribution is 6.67. The minimum atomic E-state index is -2.43. The Hall–Kier alpha value is -2.10. The number of carbonyl (C=O) groups excluding carboxylic acids is 4. The van der Waals surface area contributed by atoms with Gasteiger partial charge in [-0.2, -0.15) is 0 Å². The van der Waals surface area contributed by atoms with Crippen LogP contribution in [0, 0.1) is 5.92 Å². The van der Waals surface area contributed by atoms with E-state index >= 15 is 0 Å². The Morgan fingerprint density at radius 3 is 2.55 bits per heavy atom. The zero-order valence-electron chi connectivity index (χ0n) is 19.2. The summed E-state index contributed by atoms with van der Waals surface area (Å²) in [6, 6.07) is 4.31. The lowest BCUT2D eigenvalue weighted by Gasteiger charge is -2.57. The number of quaternary nitrogens is 1. The summed E-state index contributed by atoms with van der Waals surface area (Å²) in [4.78, 5) is 50.3. The monoisotopic (exact) mass is 498 g/mol. The molecule has 3 rings (SSSR count). The van der Waals surface area contributed by atoms with E-state index < -0.39 is 30.3 Å². The molecule has 0 aromatic heterocycles. The van der Waals surface area contributed by atoms with Gasteiger partial charge in [-0.1, -0.05) is 43.5 Å². The normalized spacial score (nSPS) is 27.5. The number of nitrogens with one attached hydrogen (secondary N) is 1. The number of hydrogen-bond acceptors (Lipinski definition) is 6. The topological polar surface area (TPSA) is 98.8 Å². The van der Waals surface area contributed by atoms with E-state index in [9.17, 15) is 19.2 Å². The number of hydrogen-bond donors (Lipinski definition) is 1. The van der Waals surface area contributed by atoms with Crippen LogP contribution >= 0.6 is 23.2 Å². The maximum atomic E-state index is 12.9. The Kier molecular flexibility index (Phi) is 7.46. The maximum Gasteiger partial charge on any atom is 0.587 e. The van der Waals surface area contributed by atoms with Crippen molar-refractivity contribution < 1.29 is 32.9 Å². The van der Waals surface area contributed by atoms with Gasteiger partial charge in [-0.3, -0.25) is 19.2 Å². The lowest BCUT2D eigenvalue weighted by Crippen LogP contribution is -2.74. The molecule has 1 aromatic rings. The number of nitrogens with zero attached hydrogens (tertiary/aromatic N) is 1. The Morgan fingerprint density at radius 1 is 1.21 bits per heavy atom. The molecule has 2 saturated heterocycles. The number of halogens is 2. The Balaban J connectivity index is 1.79. The molecule has 1 aromatic carbocycles. The van der Waals surface area contributed by atoms with Crippen LogP contribution in [-0.4, -0.2) is 60.9 Å². The molecule has 2 unspecified atom stereocenters. The van der Waals surface area contributed by atoms with Gasteiger partial charge in [-0.25, -0.2) is 0 Å². The minimum Gasteiger partial charge on any atom is -0.604 e. The summed E-state index contributed by atoms with van der Waals surface area (Å²) in [5.74, 6) is -2.02. The fraction of sp³-hybridized carbons (Fsp3) is 0.545. The number of fused-ring (bicyclic) bond motifs is 1. The number of benzene rings is 1. The summed E-state index contributed by atoms with van der Waals surface area (Å²) in [5, 5.41) is 3.15. The molecule has 1 amide bonds. The van der Waals surface area contributed by atoms with Gasteiger partial charge in [0.15, 0.2) is 0 Å². The van der Waals surface area contributed by atoms with Crippen LogP contribution in [-0.2, 0) is 23.7 Å². The van der Waals surface area contributed by atoms with Gasteiger partial charge in [0.25, 0.3) is 11.9 Å². The maximum absolute atomic E-state index is 12.9. The van der Waals surface area contributed by atoms with Crippen LogP contribution in [0.5, 0.6) is 0 Å². The molecule has 11 heteroatoms. The van der Waals surface area contributed by atoms with Gasteiger partial charge in [-0.15, -0.1) is 0 Å². The van der Waals surface area contributed by atoms with Gasteiger partial charge < -0.3 is 19.0 Å². The van der Waals surface area contributed by atoms with E-state index in [1.54, 1.807) is 6.07 Å². The van der Waals surface area contributed by atoms with Crippen LogP contribution in [0.25, 0.3) is 0 Å². The third kappa shape index (κ3) is 5.05.